The largest absolute Gasteiger partial charge is 2.00 e. The normalized spacial score (nSPS) is 13.3. The van der Waals surface area contributed by atoms with Gasteiger partial charge in [0.25, 0.3) is 0 Å². The third kappa shape index (κ3) is 5.59. The molecule has 45 heavy (non-hydrogen) atoms. The molecule has 0 bridgehead atoms. The Balaban J connectivity index is 0.00000357. The molecule has 0 fully saturated rings. The second-order valence-electron chi connectivity index (χ2n) is 13.4. The zero-order valence-electron chi connectivity index (χ0n) is 26.6. The van der Waals surface area contributed by atoms with Crippen LogP contribution >= 0.6 is 0 Å². The first-order valence-electron chi connectivity index (χ1n) is 14.9. The molecule has 8 heteroatoms. The van der Waals surface area contributed by atoms with Crippen LogP contribution in [0.3, 0.4) is 0 Å². The number of fused-ring (bicyclic) bond motifs is 4. The summed E-state index contributed by atoms with van der Waals surface area (Å²) in [7, 11) is 2.05. The summed E-state index contributed by atoms with van der Waals surface area (Å²) < 4.78 is 8.39. The molecular formula is C37H36N6OPt. The maximum Gasteiger partial charge on any atom is 2.00 e. The van der Waals surface area contributed by atoms with Crippen molar-refractivity contribution < 1.29 is 25.8 Å². The summed E-state index contributed by atoms with van der Waals surface area (Å²) in [5, 5.41) is 2.14. The summed E-state index contributed by atoms with van der Waals surface area (Å²) in [5.41, 5.74) is 7.39. The summed E-state index contributed by atoms with van der Waals surface area (Å²) in [6.45, 7) is 15.4. The van der Waals surface area contributed by atoms with E-state index in [4.69, 9.17) is 14.7 Å². The first-order chi connectivity index (χ1) is 21.0. The summed E-state index contributed by atoms with van der Waals surface area (Å²) in [6.07, 6.45) is 3.62. The van der Waals surface area contributed by atoms with Crippen LogP contribution < -0.4 is 14.5 Å². The third-order valence-electron chi connectivity index (χ3n) is 8.23. The smallest absolute Gasteiger partial charge is 0.504 e. The number of ether oxygens (including phenoxy) is 1. The van der Waals surface area contributed by atoms with Crippen molar-refractivity contribution in [3.8, 4) is 17.6 Å². The molecule has 0 saturated carbocycles. The van der Waals surface area contributed by atoms with E-state index in [-0.39, 0.29) is 31.9 Å². The molecule has 2 aromatic carbocycles. The van der Waals surface area contributed by atoms with E-state index >= 15 is 0 Å². The average Bonchev–Trinajstić information content (AvgIpc) is 3.50. The molecule has 0 atom stereocenters. The van der Waals surface area contributed by atoms with Crippen molar-refractivity contribution in [2.24, 2.45) is 0 Å². The molecule has 1 aliphatic heterocycles. The molecular weight excluding hydrogens is 740 g/mol. The number of hydrogen-bond donors (Lipinski definition) is 0. The van der Waals surface area contributed by atoms with Crippen LogP contribution in [0.5, 0.6) is 11.8 Å². The van der Waals surface area contributed by atoms with E-state index in [0.29, 0.717) is 11.8 Å². The minimum absolute atomic E-state index is 0. The van der Waals surface area contributed by atoms with Gasteiger partial charge in [0.2, 0.25) is 5.88 Å². The predicted octanol–water partition coefficient (Wildman–Crippen LogP) is 8.86. The van der Waals surface area contributed by atoms with Crippen LogP contribution in [-0.2, 0) is 31.9 Å². The maximum atomic E-state index is 6.28. The van der Waals surface area contributed by atoms with Crippen molar-refractivity contribution in [1.82, 2.24) is 19.5 Å². The second-order valence-corrected chi connectivity index (χ2v) is 13.4. The summed E-state index contributed by atoms with van der Waals surface area (Å²) in [5.74, 6) is 1.61. The van der Waals surface area contributed by atoms with Crippen molar-refractivity contribution in [2.45, 2.75) is 52.4 Å². The van der Waals surface area contributed by atoms with Gasteiger partial charge in [0.15, 0.2) is 5.65 Å². The van der Waals surface area contributed by atoms with E-state index < -0.39 is 0 Å². The Bertz CT molecular complexity index is 2040. The van der Waals surface area contributed by atoms with E-state index in [1.165, 1.54) is 11.1 Å². The number of nitrogens with zero attached hydrogens (tertiary/aromatic N) is 6. The summed E-state index contributed by atoms with van der Waals surface area (Å²) in [6, 6.07) is 28.4. The SMILES string of the molecule is CN1[CH-]N(c2[c-]c(Oc3ccc4c5ccccc5n(-c5cc(C(C)(C)C)ccn5)c4n3)ncc2)c2cc(C(C)(C)C)ccc21.[Pt+2]. The standard InChI is InChI=1S/C37H36N6O.Pt/c1-36(2,3)24-12-14-30-31(20-24)42(23-41(30)7)26-17-19-39-34(22-26)44-33-15-13-28-27-10-8-9-11-29(27)43(35(28)40-33)32-21-25(16-18-38-32)37(4,5)6;/h8-21,23H,1-7H3;/q-2;+2. The number of para-hydroxylation sites is 1. The van der Waals surface area contributed by atoms with Crippen LogP contribution in [0.25, 0.3) is 27.8 Å². The van der Waals surface area contributed by atoms with E-state index in [0.717, 1.165) is 44.8 Å². The van der Waals surface area contributed by atoms with Crippen LogP contribution in [-0.4, -0.2) is 26.6 Å². The zero-order chi connectivity index (χ0) is 30.8. The number of aromatic nitrogens is 4. The third-order valence-corrected chi connectivity index (χ3v) is 8.23. The molecule has 4 aromatic heterocycles. The van der Waals surface area contributed by atoms with E-state index in [9.17, 15) is 0 Å². The molecule has 0 unspecified atom stereocenters. The molecule has 0 radical (unpaired) electrons. The quantitative estimate of drug-likeness (QED) is 0.167. The van der Waals surface area contributed by atoms with Crippen LogP contribution in [0.15, 0.2) is 85.2 Å². The maximum absolute atomic E-state index is 6.28. The van der Waals surface area contributed by atoms with Gasteiger partial charge >= 0.3 is 21.1 Å². The minimum atomic E-state index is -0.0128. The van der Waals surface area contributed by atoms with Gasteiger partial charge in [-0.2, -0.15) is 29.5 Å². The van der Waals surface area contributed by atoms with Gasteiger partial charge in [0, 0.05) is 34.4 Å². The topological polar surface area (TPSA) is 59.3 Å². The van der Waals surface area contributed by atoms with Gasteiger partial charge < -0.3 is 14.5 Å². The molecule has 0 aliphatic carbocycles. The molecule has 7 rings (SSSR count). The fraction of sp³-hybridized carbons (Fsp3) is 0.243. The number of hydrogen-bond acceptors (Lipinski definition) is 6. The Kier molecular flexibility index (Phi) is 7.73. The van der Waals surface area contributed by atoms with Crippen LogP contribution in [0, 0.1) is 12.7 Å². The first kappa shape index (κ1) is 30.8. The van der Waals surface area contributed by atoms with E-state index in [2.05, 4.69) is 135 Å². The minimum Gasteiger partial charge on any atom is -0.504 e. The zero-order valence-corrected chi connectivity index (χ0v) is 28.8. The van der Waals surface area contributed by atoms with E-state index in [1.54, 1.807) is 6.20 Å². The van der Waals surface area contributed by atoms with Crippen molar-refractivity contribution >= 4 is 39.0 Å². The van der Waals surface area contributed by atoms with Gasteiger partial charge in [-0.15, -0.1) is 0 Å². The van der Waals surface area contributed by atoms with Gasteiger partial charge in [-0.25, -0.2) is 4.98 Å². The van der Waals surface area contributed by atoms with Crippen molar-refractivity contribution in [2.75, 3.05) is 16.8 Å². The van der Waals surface area contributed by atoms with Crippen molar-refractivity contribution in [3.63, 3.8) is 0 Å². The van der Waals surface area contributed by atoms with Gasteiger partial charge in [0.05, 0.1) is 5.52 Å². The van der Waals surface area contributed by atoms with Crippen molar-refractivity contribution in [3.05, 3.63) is 109 Å². The Morgan fingerprint density at radius 1 is 0.756 bits per heavy atom. The Hall–Kier alpha value is -4.22. The molecule has 7 nitrogen and oxygen atoms in total. The Labute approximate surface area is 279 Å². The predicted molar refractivity (Wildman–Crippen MR) is 178 cm³/mol. The molecule has 6 aromatic rings. The van der Waals surface area contributed by atoms with Gasteiger partial charge in [-0.05, 0) is 71.6 Å². The van der Waals surface area contributed by atoms with Crippen LogP contribution in [0.4, 0.5) is 17.1 Å². The monoisotopic (exact) mass is 775 g/mol. The van der Waals surface area contributed by atoms with Crippen molar-refractivity contribution in [1.29, 1.82) is 0 Å². The van der Waals surface area contributed by atoms with E-state index in [1.807, 2.05) is 24.4 Å². The number of benzene rings is 2. The van der Waals surface area contributed by atoms with Gasteiger partial charge in [-0.3, -0.25) is 9.55 Å². The number of rotatable bonds is 4. The van der Waals surface area contributed by atoms with Crippen LogP contribution in [0.1, 0.15) is 52.7 Å². The molecule has 1 aliphatic rings. The van der Waals surface area contributed by atoms with Crippen LogP contribution in [0.2, 0.25) is 0 Å². The molecule has 0 N–H and O–H groups in total. The molecule has 0 spiro atoms. The second kappa shape index (κ2) is 11.3. The van der Waals surface area contributed by atoms with Gasteiger partial charge in [0.1, 0.15) is 11.7 Å². The number of anilines is 3. The fourth-order valence-electron chi connectivity index (χ4n) is 5.74. The molecule has 5 heterocycles. The molecule has 0 amide bonds. The van der Waals surface area contributed by atoms with Gasteiger partial charge in [-0.1, -0.05) is 65.8 Å². The number of pyridine rings is 3. The summed E-state index contributed by atoms with van der Waals surface area (Å²) >= 11 is 0. The fourth-order valence-corrected chi connectivity index (χ4v) is 5.74. The molecule has 0 saturated heterocycles. The molecule has 230 valence electrons. The average molecular weight is 776 g/mol. The Morgan fingerprint density at radius 2 is 1.49 bits per heavy atom. The Morgan fingerprint density at radius 3 is 2.27 bits per heavy atom. The first-order valence-corrected chi connectivity index (χ1v) is 14.9. The summed E-state index contributed by atoms with van der Waals surface area (Å²) in [4.78, 5) is 18.5.